The first kappa shape index (κ1) is 27.6. The number of aliphatic hydroxyl groups is 1. The SMILES string of the molecule is O=C(CO)Nc1cccc(S(=O)(=O)Nc2cccc(C(c3c(O)c4c(oc3=O)CCCCCC4=O)C3CC3)c2)c1. The van der Waals surface area contributed by atoms with Crippen LogP contribution in [0.5, 0.6) is 5.75 Å². The summed E-state index contributed by atoms with van der Waals surface area (Å²) in [5, 5.41) is 22.6. The number of carbonyl (C=O) groups excluding carboxylic acids is 2. The van der Waals surface area contributed by atoms with Crippen molar-refractivity contribution in [3.63, 3.8) is 0 Å². The molecule has 1 heterocycles. The zero-order chi connectivity index (χ0) is 28.4. The van der Waals surface area contributed by atoms with E-state index in [9.17, 15) is 27.9 Å². The Labute approximate surface area is 231 Å². The first-order valence-corrected chi connectivity index (χ1v) is 14.7. The third-order valence-electron chi connectivity index (χ3n) is 7.27. The van der Waals surface area contributed by atoms with Gasteiger partial charge in [0.05, 0.1) is 16.0 Å². The summed E-state index contributed by atoms with van der Waals surface area (Å²) >= 11 is 0. The average molecular weight is 567 g/mol. The fraction of sp³-hybridized carbons (Fsp3) is 0.345. The van der Waals surface area contributed by atoms with Gasteiger partial charge in [-0.3, -0.25) is 14.3 Å². The number of anilines is 2. The lowest BCUT2D eigenvalue weighted by Crippen LogP contribution is -2.21. The van der Waals surface area contributed by atoms with Gasteiger partial charge in [-0.2, -0.15) is 0 Å². The third kappa shape index (κ3) is 5.80. The minimum atomic E-state index is -4.07. The highest BCUT2D eigenvalue weighted by molar-refractivity contribution is 7.92. The Hall–Kier alpha value is -3.96. The molecule has 1 unspecified atom stereocenters. The number of aliphatic hydroxyl groups excluding tert-OH is 1. The summed E-state index contributed by atoms with van der Waals surface area (Å²) < 4.78 is 34.5. The molecule has 4 N–H and O–H groups in total. The van der Waals surface area contributed by atoms with Gasteiger partial charge >= 0.3 is 5.63 Å². The number of carbonyl (C=O) groups is 2. The minimum Gasteiger partial charge on any atom is -0.506 e. The van der Waals surface area contributed by atoms with Crippen LogP contribution >= 0.6 is 0 Å². The standard InChI is InChI=1S/C29H30N2O8S/c32-16-24(34)30-19-7-5-9-21(15-19)40(37,38)31-20-8-4-6-18(14-20)25(17-12-13-17)27-28(35)26-22(33)10-2-1-3-11-23(26)39-29(27)36/h4-9,14-15,17,25,31-32,35H,1-3,10-13,16H2,(H,30,34). The zero-order valence-corrected chi connectivity index (χ0v) is 22.5. The van der Waals surface area contributed by atoms with Gasteiger partial charge < -0.3 is 19.9 Å². The van der Waals surface area contributed by atoms with Gasteiger partial charge in [0.1, 0.15) is 18.1 Å². The number of nitrogens with one attached hydrogen (secondary N) is 2. The Kier molecular flexibility index (Phi) is 7.77. The number of sulfonamides is 1. The molecule has 3 aromatic rings. The van der Waals surface area contributed by atoms with Crippen LogP contribution in [0.25, 0.3) is 0 Å². The van der Waals surface area contributed by atoms with E-state index >= 15 is 0 Å². The number of aryl methyl sites for hydroxylation is 1. The van der Waals surface area contributed by atoms with E-state index in [-0.39, 0.29) is 57.0 Å². The molecule has 1 aromatic heterocycles. The van der Waals surface area contributed by atoms with Crippen LogP contribution in [-0.4, -0.2) is 36.9 Å². The van der Waals surface area contributed by atoms with Crippen molar-refractivity contribution in [3.8, 4) is 5.75 Å². The number of hydrogen-bond acceptors (Lipinski definition) is 8. The van der Waals surface area contributed by atoms with Gasteiger partial charge in [-0.1, -0.05) is 24.6 Å². The molecule has 0 bridgehead atoms. The summed E-state index contributed by atoms with van der Waals surface area (Å²) in [6.07, 6.45) is 4.58. The molecule has 1 atom stereocenters. The van der Waals surface area contributed by atoms with E-state index in [2.05, 4.69) is 10.0 Å². The van der Waals surface area contributed by atoms with Crippen LogP contribution in [0.4, 0.5) is 11.4 Å². The number of Topliss-reactive ketones (excluding diaryl/α,β-unsaturated/α-hetero) is 1. The van der Waals surface area contributed by atoms with Crippen LogP contribution in [0.3, 0.4) is 0 Å². The van der Waals surface area contributed by atoms with Crippen molar-refractivity contribution in [2.24, 2.45) is 5.92 Å². The Morgan fingerprint density at radius 3 is 2.48 bits per heavy atom. The van der Waals surface area contributed by atoms with Gasteiger partial charge in [-0.15, -0.1) is 0 Å². The molecule has 1 saturated carbocycles. The summed E-state index contributed by atoms with van der Waals surface area (Å²) in [7, 11) is -4.07. The Morgan fingerprint density at radius 2 is 1.73 bits per heavy atom. The number of fused-ring (bicyclic) bond motifs is 1. The number of amides is 1. The maximum absolute atomic E-state index is 13.2. The van der Waals surface area contributed by atoms with Gasteiger partial charge in [0.25, 0.3) is 10.0 Å². The molecule has 1 fully saturated rings. The highest BCUT2D eigenvalue weighted by Crippen LogP contribution is 2.49. The molecule has 2 aliphatic rings. The maximum atomic E-state index is 13.2. The van der Waals surface area contributed by atoms with Crippen molar-refractivity contribution in [1.82, 2.24) is 0 Å². The number of hydrogen-bond donors (Lipinski definition) is 4. The molecule has 1 amide bonds. The molecule has 5 rings (SSSR count). The van der Waals surface area contributed by atoms with Gasteiger partial charge in [0.15, 0.2) is 5.78 Å². The van der Waals surface area contributed by atoms with Crippen LogP contribution in [-0.2, 0) is 21.2 Å². The average Bonchev–Trinajstić information content (AvgIpc) is 3.74. The summed E-state index contributed by atoms with van der Waals surface area (Å²) in [6, 6.07) is 12.2. The molecule has 210 valence electrons. The van der Waals surface area contributed by atoms with Crippen molar-refractivity contribution >= 4 is 33.1 Å². The van der Waals surface area contributed by atoms with Gasteiger partial charge in [-0.25, -0.2) is 13.2 Å². The van der Waals surface area contributed by atoms with E-state index in [0.717, 1.165) is 25.7 Å². The molecular weight excluding hydrogens is 536 g/mol. The van der Waals surface area contributed by atoms with E-state index < -0.39 is 34.1 Å². The minimum absolute atomic E-state index is 0.0224. The highest BCUT2D eigenvalue weighted by atomic mass is 32.2. The molecule has 10 nitrogen and oxygen atoms in total. The molecule has 0 radical (unpaired) electrons. The lowest BCUT2D eigenvalue weighted by atomic mass is 9.85. The molecule has 2 aliphatic carbocycles. The topological polar surface area (TPSA) is 163 Å². The summed E-state index contributed by atoms with van der Waals surface area (Å²) in [6.45, 7) is -0.740. The van der Waals surface area contributed by atoms with Gasteiger partial charge in [0, 0.05) is 30.1 Å². The number of rotatable bonds is 8. The number of aromatic hydroxyl groups is 1. The quantitative estimate of drug-likeness (QED) is 0.319. The van der Waals surface area contributed by atoms with Gasteiger partial charge in [-0.05, 0) is 67.5 Å². The van der Waals surface area contributed by atoms with Crippen LogP contribution < -0.4 is 15.7 Å². The molecule has 11 heteroatoms. The van der Waals surface area contributed by atoms with Crippen molar-refractivity contribution in [2.75, 3.05) is 16.6 Å². The molecule has 0 spiro atoms. The maximum Gasteiger partial charge on any atom is 0.343 e. The predicted octanol–water partition coefficient (Wildman–Crippen LogP) is 3.92. The summed E-state index contributed by atoms with van der Waals surface area (Å²) in [5.74, 6) is -1.59. The second-order valence-corrected chi connectivity index (χ2v) is 11.9. The van der Waals surface area contributed by atoms with E-state index in [0.29, 0.717) is 18.4 Å². The fourth-order valence-corrected chi connectivity index (χ4v) is 6.34. The first-order valence-electron chi connectivity index (χ1n) is 13.2. The molecule has 2 aromatic carbocycles. The number of benzene rings is 2. The van der Waals surface area contributed by atoms with Crippen molar-refractivity contribution in [3.05, 3.63) is 81.4 Å². The van der Waals surface area contributed by atoms with E-state index in [1.165, 1.54) is 24.3 Å². The smallest absolute Gasteiger partial charge is 0.343 e. The highest BCUT2D eigenvalue weighted by Gasteiger charge is 2.39. The first-order chi connectivity index (χ1) is 19.2. The van der Waals surface area contributed by atoms with Crippen molar-refractivity contribution < 1.29 is 32.6 Å². The van der Waals surface area contributed by atoms with E-state index in [4.69, 9.17) is 9.52 Å². The zero-order valence-electron chi connectivity index (χ0n) is 21.7. The molecule has 0 saturated heterocycles. The summed E-state index contributed by atoms with van der Waals surface area (Å²) in [5.41, 5.74) is 0.480. The van der Waals surface area contributed by atoms with Crippen molar-refractivity contribution in [2.45, 2.75) is 55.8 Å². The van der Waals surface area contributed by atoms with Crippen molar-refractivity contribution in [1.29, 1.82) is 0 Å². The normalized spacial score (nSPS) is 16.4. The van der Waals surface area contributed by atoms with Gasteiger partial charge in [0.2, 0.25) is 5.91 Å². The van der Waals surface area contributed by atoms with E-state index in [1.807, 2.05) is 0 Å². The lowest BCUT2D eigenvalue weighted by Gasteiger charge is -2.21. The predicted molar refractivity (Wildman–Crippen MR) is 147 cm³/mol. The molecular formula is C29H30N2O8S. The van der Waals surface area contributed by atoms with Crippen LogP contribution in [0, 0.1) is 5.92 Å². The second-order valence-electron chi connectivity index (χ2n) is 10.2. The fourth-order valence-electron chi connectivity index (χ4n) is 5.25. The van der Waals surface area contributed by atoms with E-state index in [1.54, 1.807) is 24.3 Å². The van der Waals surface area contributed by atoms with Crippen LogP contribution in [0.15, 0.2) is 62.6 Å². The Bertz CT molecular complexity index is 1630. The third-order valence-corrected chi connectivity index (χ3v) is 8.65. The van der Waals surface area contributed by atoms with Crippen LogP contribution in [0.1, 0.15) is 71.7 Å². The Balaban J connectivity index is 1.49. The molecule has 40 heavy (non-hydrogen) atoms. The second kappa shape index (κ2) is 11.3. The largest absolute Gasteiger partial charge is 0.506 e. The Morgan fingerprint density at radius 1 is 1.00 bits per heavy atom. The summed E-state index contributed by atoms with van der Waals surface area (Å²) in [4.78, 5) is 37.5. The molecule has 0 aliphatic heterocycles. The monoisotopic (exact) mass is 566 g/mol. The van der Waals surface area contributed by atoms with Crippen LogP contribution in [0.2, 0.25) is 0 Å². The number of ketones is 1. The lowest BCUT2D eigenvalue weighted by molar-refractivity contribution is -0.118.